The lowest BCUT2D eigenvalue weighted by Crippen LogP contribution is -2.26. The molecule has 0 fully saturated rings. The zero-order valence-corrected chi connectivity index (χ0v) is 19.1. The minimum atomic E-state index is -0.657. The van der Waals surface area contributed by atoms with Crippen molar-refractivity contribution in [3.63, 3.8) is 0 Å². The molecule has 31 heavy (non-hydrogen) atoms. The molecule has 3 aromatic rings. The number of halogens is 1. The number of rotatable bonds is 10. The molecule has 0 aliphatic rings. The van der Waals surface area contributed by atoms with Gasteiger partial charge in [0.2, 0.25) is 11.0 Å². The second-order valence-electron chi connectivity index (χ2n) is 7.37. The van der Waals surface area contributed by atoms with Gasteiger partial charge in [0.1, 0.15) is 23.4 Å². The predicted molar refractivity (Wildman–Crippen MR) is 120 cm³/mol. The van der Waals surface area contributed by atoms with Gasteiger partial charge in [-0.05, 0) is 24.5 Å². The van der Waals surface area contributed by atoms with Crippen molar-refractivity contribution in [2.24, 2.45) is 5.92 Å². The molecule has 1 amide bonds. The van der Waals surface area contributed by atoms with Crippen LogP contribution in [0.5, 0.6) is 17.4 Å². The highest BCUT2D eigenvalue weighted by molar-refractivity contribution is 7.09. The van der Waals surface area contributed by atoms with E-state index in [1.807, 2.05) is 13.8 Å². The van der Waals surface area contributed by atoms with Crippen LogP contribution < -0.4 is 10.1 Å². The first kappa shape index (κ1) is 23.1. The minimum Gasteiger partial charge on any atom is -0.494 e. The van der Waals surface area contributed by atoms with Gasteiger partial charge in [0.15, 0.2) is 5.88 Å². The Labute approximate surface area is 190 Å². The summed E-state index contributed by atoms with van der Waals surface area (Å²) in [6.07, 6.45) is 2.67. The van der Waals surface area contributed by atoms with E-state index in [0.29, 0.717) is 46.9 Å². The zero-order valence-electron chi connectivity index (χ0n) is 17.5. The maximum Gasteiger partial charge on any atom is 0.249 e. The fourth-order valence-electron chi connectivity index (χ4n) is 2.98. The normalized spacial score (nSPS) is 12.2. The molecule has 0 unspecified atom stereocenters. The van der Waals surface area contributed by atoms with E-state index in [-0.39, 0.29) is 17.7 Å². The van der Waals surface area contributed by atoms with E-state index in [0.717, 1.165) is 11.5 Å². The van der Waals surface area contributed by atoms with Gasteiger partial charge in [-0.2, -0.15) is 4.37 Å². The lowest BCUT2D eigenvalue weighted by atomic mass is 10.0. The third-order valence-electron chi connectivity index (χ3n) is 4.43. The van der Waals surface area contributed by atoms with E-state index in [4.69, 9.17) is 21.1 Å². The monoisotopic (exact) mass is 464 g/mol. The number of aromatic hydroxyl groups is 1. The smallest absolute Gasteiger partial charge is 0.249 e. The molecular weight excluding hydrogens is 440 g/mol. The topological polar surface area (TPSA) is 98.5 Å². The van der Waals surface area contributed by atoms with Crippen molar-refractivity contribution < 1.29 is 19.4 Å². The lowest BCUT2D eigenvalue weighted by Gasteiger charge is -2.20. The van der Waals surface area contributed by atoms with Crippen molar-refractivity contribution in [1.82, 2.24) is 13.9 Å². The lowest BCUT2D eigenvalue weighted by molar-refractivity contribution is -0.119. The number of carbonyl (C=O) groups is 1. The van der Waals surface area contributed by atoms with Gasteiger partial charge in [0, 0.05) is 31.1 Å². The van der Waals surface area contributed by atoms with Crippen LogP contribution in [-0.2, 0) is 16.0 Å². The zero-order chi connectivity index (χ0) is 22.4. The standard InChI is InChI=1S/C21H25ClN4O4S/c1-13(2)10-16(20(28)24-21-23-18(25-31-21)8-9-29-3)26-12-14(11-19(26)27)30-17-7-5-4-6-15(17)22/h4-7,11-13,16,27H,8-10H2,1-3H3,(H,23,24,25,28)/t16-/m0/s1. The summed E-state index contributed by atoms with van der Waals surface area (Å²) in [4.78, 5) is 17.4. The number of hydrogen-bond acceptors (Lipinski definition) is 7. The molecular formula is C21H25ClN4O4S. The van der Waals surface area contributed by atoms with Crippen LogP contribution >= 0.6 is 23.1 Å². The van der Waals surface area contributed by atoms with Crippen LogP contribution in [0.4, 0.5) is 5.13 Å². The molecule has 1 atom stereocenters. The summed E-state index contributed by atoms with van der Waals surface area (Å²) in [6, 6.07) is 7.84. The molecule has 8 nitrogen and oxygen atoms in total. The molecule has 0 radical (unpaired) electrons. The summed E-state index contributed by atoms with van der Waals surface area (Å²) in [5.41, 5.74) is 0. The number of aromatic nitrogens is 3. The molecule has 0 spiro atoms. The molecule has 0 saturated carbocycles. The Morgan fingerprint density at radius 1 is 1.35 bits per heavy atom. The van der Waals surface area contributed by atoms with Crippen LogP contribution in [0.1, 0.15) is 32.1 Å². The number of amides is 1. The van der Waals surface area contributed by atoms with Gasteiger partial charge < -0.3 is 19.1 Å². The number of anilines is 1. The Bertz CT molecular complexity index is 1020. The molecule has 0 aliphatic carbocycles. The number of ether oxygens (including phenoxy) is 2. The quantitative estimate of drug-likeness (QED) is 0.442. The number of benzene rings is 1. The third kappa shape index (κ3) is 6.19. The van der Waals surface area contributed by atoms with Gasteiger partial charge in [-0.25, -0.2) is 4.98 Å². The number of carbonyl (C=O) groups excluding carboxylic acids is 1. The average Bonchev–Trinajstić information content (AvgIpc) is 3.32. The van der Waals surface area contributed by atoms with Crippen molar-refractivity contribution in [3.8, 4) is 17.4 Å². The van der Waals surface area contributed by atoms with Crippen LogP contribution in [0, 0.1) is 5.92 Å². The van der Waals surface area contributed by atoms with Gasteiger partial charge in [0.05, 0.1) is 17.8 Å². The summed E-state index contributed by atoms with van der Waals surface area (Å²) in [7, 11) is 1.61. The summed E-state index contributed by atoms with van der Waals surface area (Å²) < 4.78 is 16.5. The fourth-order valence-corrected chi connectivity index (χ4v) is 3.77. The first-order valence-electron chi connectivity index (χ1n) is 9.83. The molecule has 10 heteroatoms. The fraction of sp³-hybridized carbons (Fsp3) is 0.381. The SMILES string of the molecule is COCCc1nsc(NC(=O)[C@H](CC(C)C)n2cc(Oc3ccccc3Cl)cc2O)n1. The number of methoxy groups -OCH3 is 1. The minimum absolute atomic E-state index is 0.0825. The molecule has 3 rings (SSSR count). The first-order valence-corrected chi connectivity index (χ1v) is 11.0. The number of nitrogens with zero attached hydrogens (tertiary/aromatic N) is 3. The molecule has 0 aliphatic heterocycles. The van der Waals surface area contributed by atoms with Gasteiger partial charge in [0.25, 0.3) is 0 Å². The number of hydrogen-bond donors (Lipinski definition) is 2. The predicted octanol–water partition coefficient (Wildman–Crippen LogP) is 4.91. The molecule has 166 valence electrons. The first-order chi connectivity index (χ1) is 14.9. The summed E-state index contributed by atoms with van der Waals surface area (Å²) in [6.45, 7) is 4.52. The van der Waals surface area contributed by atoms with Crippen LogP contribution in [0.3, 0.4) is 0 Å². The van der Waals surface area contributed by atoms with Crippen molar-refractivity contribution in [1.29, 1.82) is 0 Å². The second kappa shape index (κ2) is 10.6. The van der Waals surface area contributed by atoms with E-state index in [9.17, 15) is 9.90 Å². The molecule has 2 aromatic heterocycles. The maximum atomic E-state index is 13.1. The Balaban J connectivity index is 1.78. The van der Waals surface area contributed by atoms with Gasteiger partial charge >= 0.3 is 0 Å². The van der Waals surface area contributed by atoms with E-state index in [2.05, 4.69) is 14.7 Å². The van der Waals surface area contributed by atoms with Crippen LogP contribution in [-0.4, -0.2) is 38.7 Å². The van der Waals surface area contributed by atoms with Gasteiger partial charge in [-0.15, -0.1) is 0 Å². The van der Waals surface area contributed by atoms with Crippen LogP contribution in [0.15, 0.2) is 36.5 Å². The Morgan fingerprint density at radius 2 is 2.13 bits per heavy atom. The molecule has 0 saturated heterocycles. The van der Waals surface area contributed by atoms with Crippen molar-refractivity contribution in [2.75, 3.05) is 19.0 Å². The van der Waals surface area contributed by atoms with Crippen molar-refractivity contribution >= 4 is 34.2 Å². The van der Waals surface area contributed by atoms with E-state index < -0.39 is 6.04 Å². The maximum absolute atomic E-state index is 13.1. The Morgan fingerprint density at radius 3 is 2.84 bits per heavy atom. The molecule has 1 aromatic carbocycles. The van der Waals surface area contributed by atoms with Crippen LogP contribution in [0.2, 0.25) is 5.02 Å². The number of nitrogens with one attached hydrogen (secondary N) is 1. The Hall–Kier alpha value is -2.62. The third-order valence-corrected chi connectivity index (χ3v) is 5.41. The van der Waals surface area contributed by atoms with E-state index in [1.54, 1.807) is 37.6 Å². The van der Waals surface area contributed by atoms with Crippen molar-refractivity contribution in [3.05, 3.63) is 47.4 Å². The highest BCUT2D eigenvalue weighted by atomic mass is 35.5. The summed E-state index contributed by atoms with van der Waals surface area (Å²) in [5.74, 6) is 1.28. The number of para-hydroxylation sites is 1. The molecule has 2 N–H and O–H groups in total. The second-order valence-corrected chi connectivity index (χ2v) is 8.53. The van der Waals surface area contributed by atoms with E-state index >= 15 is 0 Å². The highest BCUT2D eigenvalue weighted by Gasteiger charge is 2.26. The van der Waals surface area contributed by atoms with Crippen LogP contribution in [0.25, 0.3) is 0 Å². The summed E-state index contributed by atoms with van der Waals surface area (Å²) in [5, 5.41) is 14.2. The summed E-state index contributed by atoms with van der Waals surface area (Å²) >= 11 is 7.26. The molecule has 2 heterocycles. The molecule has 0 bridgehead atoms. The largest absolute Gasteiger partial charge is 0.494 e. The van der Waals surface area contributed by atoms with Crippen molar-refractivity contribution in [2.45, 2.75) is 32.7 Å². The highest BCUT2D eigenvalue weighted by Crippen LogP contribution is 2.34. The van der Waals surface area contributed by atoms with Gasteiger partial charge in [-0.3, -0.25) is 10.1 Å². The van der Waals surface area contributed by atoms with E-state index in [1.165, 1.54) is 10.6 Å². The average molecular weight is 465 g/mol. The Kier molecular flexibility index (Phi) is 7.89. The van der Waals surface area contributed by atoms with Gasteiger partial charge in [-0.1, -0.05) is 37.6 Å².